The Morgan fingerprint density at radius 3 is 2.38 bits per heavy atom. The Morgan fingerprint density at radius 1 is 1.04 bits per heavy atom. The van der Waals surface area contributed by atoms with Crippen molar-refractivity contribution in [3.8, 4) is 0 Å². The van der Waals surface area contributed by atoms with Gasteiger partial charge in [-0.2, -0.15) is 0 Å². The van der Waals surface area contributed by atoms with Gasteiger partial charge >= 0.3 is 5.97 Å². The third-order valence-electron chi connectivity index (χ3n) is 6.90. The Kier molecular flexibility index (Phi) is 4.38. The lowest BCUT2D eigenvalue weighted by molar-refractivity contribution is -0.139. The summed E-state index contributed by atoms with van der Waals surface area (Å²) >= 11 is 0. The maximum absolute atomic E-state index is 11.7. The molecule has 1 N–H and O–H groups in total. The molecule has 130 valence electrons. The monoisotopic (exact) mass is 327 g/mol. The standard InChI is InChI=1S/C21H29NO2/c23-20(24)18-15-21(19-10-6-5-9-17(18)19)11-13-22(14-12-21)16-7-3-1-2-4-8-16/h5-6,9-10,16,18H,1-4,7-8,11-15H2,(H,23,24). The van der Waals surface area contributed by atoms with Crippen molar-refractivity contribution >= 4 is 5.97 Å². The van der Waals surface area contributed by atoms with Crippen LogP contribution in [0.25, 0.3) is 0 Å². The summed E-state index contributed by atoms with van der Waals surface area (Å²) in [6.07, 6.45) is 11.4. The van der Waals surface area contributed by atoms with E-state index in [0.717, 1.165) is 44.0 Å². The summed E-state index contributed by atoms with van der Waals surface area (Å²) in [6.45, 7) is 2.29. The molecule has 3 heteroatoms. The second-order valence-corrected chi connectivity index (χ2v) is 8.14. The zero-order valence-electron chi connectivity index (χ0n) is 14.5. The van der Waals surface area contributed by atoms with Crippen molar-refractivity contribution in [2.45, 2.75) is 75.2 Å². The molecule has 1 saturated heterocycles. The van der Waals surface area contributed by atoms with Crippen LogP contribution >= 0.6 is 0 Å². The summed E-state index contributed by atoms with van der Waals surface area (Å²) in [5.74, 6) is -0.948. The Balaban J connectivity index is 1.51. The molecule has 1 aromatic rings. The number of likely N-dealkylation sites (tertiary alicyclic amines) is 1. The van der Waals surface area contributed by atoms with Crippen LogP contribution in [0.3, 0.4) is 0 Å². The maximum atomic E-state index is 11.7. The Hall–Kier alpha value is -1.35. The lowest BCUT2D eigenvalue weighted by Crippen LogP contribution is -2.46. The second-order valence-electron chi connectivity index (χ2n) is 8.14. The number of carboxylic acids is 1. The highest BCUT2D eigenvalue weighted by molar-refractivity contribution is 5.78. The Morgan fingerprint density at radius 2 is 1.71 bits per heavy atom. The third-order valence-corrected chi connectivity index (χ3v) is 6.90. The Bertz CT molecular complexity index is 596. The van der Waals surface area contributed by atoms with Gasteiger partial charge in [-0.15, -0.1) is 0 Å². The summed E-state index contributed by atoms with van der Waals surface area (Å²) in [5, 5.41) is 9.65. The molecule has 0 radical (unpaired) electrons. The van der Waals surface area contributed by atoms with Crippen LogP contribution in [0.15, 0.2) is 24.3 Å². The van der Waals surface area contributed by atoms with E-state index in [1.54, 1.807) is 0 Å². The predicted molar refractivity (Wildman–Crippen MR) is 95.4 cm³/mol. The maximum Gasteiger partial charge on any atom is 0.311 e. The van der Waals surface area contributed by atoms with Crippen molar-refractivity contribution in [3.05, 3.63) is 35.4 Å². The minimum Gasteiger partial charge on any atom is -0.481 e. The summed E-state index contributed by atoms with van der Waals surface area (Å²) in [5.41, 5.74) is 2.52. The molecule has 2 fully saturated rings. The summed E-state index contributed by atoms with van der Waals surface area (Å²) in [6, 6.07) is 9.09. The summed E-state index contributed by atoms with van der Waals surface area (Å²) < 4.78 is 0. The number of rotatable bonds is 2. The first-order chi connectivity index (χ1) is 11.7. The average Bonchev–Trinajstić information content (AvgIpc) is 2.77. The molecule has 0 bridgehead atoms. The van der Waals surface area contributed by atoms with E-state index >= 15 is 0 Å². The molecule has 2 aliphatic carbocycles. The first-order valence-electron chi connectivity index (χ1n) is 9.76. The van der Waals surface area contributed by atoms with Crippen LogP contribution in [0.1, 0.15) is 74.8 Å². The molecule has 0 amide bonds. The van der Waals surface area contributed by atoms with Crippen LogP contribution in [0.4, 0.5) is 0 Å². The normalized spacial score (nSPS) is 27.8. The fraction of sp³-hybridized carbons (Fsp3) is 0.667. The summed E-state index contributed by atoms with van der Waals surface area (Å²) in [7, 11) is 0. The molecule has 0 aromatic heterocycles. The largest absolute Gasteiger partial charge is 0.481 e. The van der Waals surface area contributed by atoms with Gasteiger partial charge in [-0.05, 0) is 61.7 Å². The van der Waals surface area contributed by atoms with Gasteiger partial charge in [-0.1, -0.05) is 49.9 Å². The van der Waals surface area contributed by atoms with E-state index in [4.69, 9.17) is 0 Å². The first-order valence-corrected chi connectivity index (χ1v) is 9.76. The highest BCUT2D eigenvalue weighted by Gasteiger charge is 2.47. The number of carbonyl (C=O) groups is 1. The molecule has 4 rings (SSSR count). The van der Waals surface area contributed by atoms with Crippen molar-refractivity contribution in [1.82, 2.24) is 4.90 Å². The molecular formula is C21H29NO2. The molecule has 1 heterocycles. The second kappa shape index (κ2) is 6.51. The molecule has 1 unspecified atom stereocenters. The number of hydrogen-bond donors (Lipinski definition) is 1. The quantitative estimate of drug-likeness (QED) is 0.823. The highest BCUT2D eigenvalue weighted by atomic mass is 16.4. The average molecular weight is 327 g/mol. The van der Waals surface area contributed by atoms with Crippen molar-refractivity contribution in [3.63, 3.8) is 0 Å². The topological polar surface area (TPSA) is 40.5 Å². The van der Waals surface area contributed by atoms with E-state index in [0.29, 0.717) is 0 Å². The van der Waals surface area contributed by atoms with E-state index in [1.165, 1.54) is 44.1 Å². The SMILES string of the molecule is O=C(O)C1CC2(CCN(C3CCCCCC3)CC2)c2ccccc21. The number of aliphatic carboxylic acids is 1. The fourth-order valence-corrected chi connectivity index (χ4v) is 5.53. The van der Waals surface area contributed by atoms with E-state index in [9.17, 15) is 9.90 Å². The number of carboxylic acid groups (broad SMARTS) is 1. The predicted octanol–water partition coefficient (Wildman–Crippen LogP) is 4.31. The minimum absolute atomic E-state index is 0.112. The molecule has 3 nitrogen and oxygen atoms in total. The van der Waals surface area contributed by atoms with Gasteiger partial charge in [-0.25, -0.2) is 0 Å². The van der Waals surface area contributed by atoms with Crippen LogP contribution in [0.5, 0.6) is 0 Å². The summed E-state index contributed by atoms with van der Waals surface area (Å²) in [4.78, 5) is 14.4. The van der Waals surface area contributed by atoms with Gasteiger partial charge in [0.1, 0.15) is 0 Å². The molecule has 1 aliphatic heterocycles. The van der Waals surface area contributed by atoms with Gasteiger partial charge in [0.2, 0.25) is 0 Å². The van der Waals surface area contributed by atoms with Crippen LogP contribution in [-0.2, 0) is 10.2 Å². The van der Waals surface area contributed by atoms with Crippen molar-refractivity contribution < 1.29 is 9.90 Å². The molecule has 24 heavy (non-hydrogen) atoms. The molecule has 3 aliphatic rings. The van der Waals surface area contributed by atoms with E-state index in [2.05, 4.69) is 17.0 Å². The zero-order chi connectivity index (χ0) is 16.6. The number of fused-ring (bicyclic) bond motifs is 2. The van der Waals surface area contributed by atoms with E-state index in [-0.39, 0.29) is 11.3 Å². The number of nitrogens with zero attached hydrogens (tertiary/aromatic N) is 1. The van der Waals surface area contributed by atoms with Crippen molar-refractivity contribution in [1.29, 1.82) is 0 Å². The van der Waals surface area contributed by atoms with Crippen LogP contribution in [0, 0.1) is 0 Å². The van der Waals surface area contributed by atoms with Gasteiger partial charge in [-0.3, -0.25) is 4.79 Å². The zero-order valence-corrected chi connectivity index (χ0v) is 14.5. The van der Waals surface area contributed by atoms with Gasteiger partial charge in [0.05, 0.1) is 5.92 Å². The fourth-order valence-electron chi connectivity index (χ4n) is 5.53. The smallest absolute Gasteiger partial charge is 0.311 e. The number of benzene rings is 1. The minimum atomic E-state index is -0.648. The molecule has 1 atom stereocenters. The molecule has 1 saturated carbocycles. The van der Waals surface area contributed by atoms with Crippen LogP contribution in [0.2, 0.25) is 0 Å². The molecule has 1 spiro atoms. The third kappa shape index (κ3) is 2.77. The lowest BCUT2D eigenvalue weighted by atomic mass is 9.73. The van der Waals surface area contributed by atoms with Crippen LogP contribution in [-0.4, -0.2) is 35.1 Å². The Labute approximate surface area is 145 Å². The van der Waals surface area contributed by atoms with Gasteiger partial charge in [0, 0.05) is 6.04 Å². The van der Waals surface area contributed by atoms with E-state index < -0.39 is 5.97 Å². The number of piperidine rings is 1. The van der Waals surface area contributed by atoms with E-state index in [1.807, 2.05) is 12.1 Å². The highest BCUT2D eigenvalue weighted by Crippen LogP contribution is 2.52. The van der Waals surface area contributed by atoms with Crippen LogP contribution < -0.4 is 0 Å². The van der Waals surface area contributed by atoms with Gasteiger partial charge in [0.25, 0.3) is 0 Å². The van der Waals surface area contributed by atoms with Gasteiger partial charge in [0.15, 0.2) is 0 Å². The molecule has 1 aromatic carbocycles. The lowest BCUT2D eigenvalue weighted by Gasteiger charge is -2.43. The first kappa shape index (κ1) is 16.1. The van der Waals surface area contributed by atoms with Gasteiger partial charge < -0.3 is 10.0 Å². The molecular weight excluding hydrogens is 298 g/mol. The number of hydrogen-bond acceptors (Lipinski definition) is 2. The van der Waals surface area contributed by atoms with Crippen molar-refractivity contribution in [2.24, 2.45) is 0 Å². The van der Waals surface area contributed by atoms with Crippen molar-refractivity contribution in [2.75, 3.05) is 13.1 Å².